The quantitative estimate of drug-likeness (QED) is 0.177. The first-order chi connectivity index (χ1) is 24.5. The summed E-state index contributed by atoms with van der Waals surface area (Å²) in [6.07, 6.45) is 0.207. The zero-order chi connectivity index (χ0) is 36.2. The first kappa shape index (κ1) is 36.7. The molecule has 1 saturated carbocycles. The van der Waals surface area contributed by atoms with Crippen molar-refractivity contribution in [3.8, 4) is 11.5 Å². The van der Waals surface area contributed by atoms with E-state index < -0.39 is 24.5 Å². The van der Waals surface area contributed by atoms with E-state index >= 15 is 0 Å². The van der Waals surface area contributed by atoms with Crippen molar-refractivity contribution in [3.05, 3.63) is 98.5 Å². The van der Waals surface area contributed by atoms with E-state index in [4.69, 9.17) is 37.8 Å². The first-order valence-corrected chi connectivity index (χ1v) is 18.1. The summed E-state index contributed by atoms with van der Waals surface area (Å²) in [5.74, 6) is -0.336. The van der Waals surface area contributed by atoms with Gasteiger partial charge in [0.25, 0.3) is 5.91 Å². The third kappa shape index (κ3) is 9.05. The van der Waals surface area contributed by atoms with Gasteiger partial charge in [0, 0.05) is 42.3 Å². The first-order valence-electron chi connectivity index (χ1n) is 17.3. The number of hydrogen-bond acceptors (Lipinski definition) is 7. The largest absolute Gasteiger partial charge is 0.490 e. The Morgan fingerprint density at radius 1 is 0.941 bits per heavy atom. The molecule has 2 bridgehead atoms. The fourth-order valence-electron chi connectivity index (χ4n) is 6.82. The number of ether oxygens (including phenoxy) is 2. The van der Waals surface area contributed by atoms with Crippen LogP contribution < -0.4 is 14.8 Å². The van der Waals surface area contributed by atoms with Gasteiger partial charge in [0.15, 0.2) is 0 Å². The number of aliphatic carboxylic acids is 1. The number of hydrogen-bond donors (Lipinski definition) is 3. The molecule has 6 rings (SSSR count). The Hall–Kier alpha value is -4.09. The minimum absolute atomic E-state index is 0.0874. The zero-order valence-corrected chi connectivity index (χ0v) is 30.3. The fourth-order valence-corrected chi connectivity index (χ4v) is 7.29. The Kier molecular flexibility index (Phi) is 11.6. The van der Waals surface area contributed by atoms with Gasteiger partial charge in [0.05, 0.1) is 30.0 Å². The summed E-state index contributed by atoms with van der Waals surface area (Å²) < 4.78 is 11.8. The van der Waals surface area contributed by atoms with E-state index in [1.807, 2.05) is 79.4 Å². The second kappa shape index (κ2) is 16.1. The summed E-state index contributed by atoms with van der Waals surface area (Å²) in [6.45, 7) is 5.59. The summed E-state index contributed by atoms with van der Waals surface area (Å²) in [7, 11) is 0. The van der Waals surface area contributed by atoms with Gasteiger partial charge in [-0.05, 0) is 91.3 Å². The molecule has 10 nitrogen and oxygen atoms in total. The molecule has 0 radical (unpaired) electrons. The number of carboxylic acid groups (broad SMARTS) is 1. The summed E-state index contributed by atoms with van der Waals surface area (Å²) in [6, 6.07) is 18.5. The minimum atomic E-state index is -1.28. The van der Waals surface area contributed by atoms with E-state index in [0.717, 1.165) is 40.7 Å². The van der Waals surface area contributed by atoms with Crippen LogP contribution in [-0.4, -0.2) is 88.3 Å². The van der Waals surface area contributed by atoms with Crippen molar-refractivity contribution in [2.75, 3.05) is 26.3 Å². The topological polar surface area (TPSA) is 129 Å². The smallest absolute Gasteiger partial charge is 0.305 e. The Morgan fingerprint density at radius 3 is 2.35 bits per heavy atom. The van der Waals surface area contributed by atoms with Crippen molar-refractivity contribution in [2.24, 2.45) is 0 Å². The number of piperazine rings is 1. The third-order valence-corrected chi connectivity index (χ3v) is 10.4. The molecule has 0 unspecified atom stereocenters. The van der Waals surface area contributed by atoms with Gasteiger partial charge >= 0.3 is 5.97 Å². The van der Waals surface area contributed by atoms with Crippen LogP contribution in [0.2, 0.25) is 10.0 Å². The Morgan fingerprint density at radius 2 is 1.65 bits per heavy atom. The van der Waals surface area contributed by atoms with Crippen LogP contribution in [-0.2, 0) is 20.9 Å². The number of benzene rings is 3. The highest BCUT2D eigenvalue weighted by Crippen LogP contribution is 2.38. The number of rotatable bonds is 14. The van der Waals surface area contributed by atoms with Gasteiger partial charge in [-0.15, -0.1) is 0 Å². The maximum atomic E-state index is 14.7. The van der Waals surface area contributed by atoms with Gasteiger partial charge < -0.3 is 34.8 Å². The highest BCUT2D eigenvalue weighted by atomic mass is 35.5. The Labute approximate surface area is 307 Å². The molecule has 2 heterocycles. The van der Waals surface area contributed by atoms with Crippen molar-refractivity contribution in [1.29, 1.82) is 0 Å². The number of nitrogens with one attached hydrogen (secondary N) is 1. The number of aliphatic hydroxyl groups excluding tert-OH is 1. The molecule has 3 aliphatic rings. The second-order valence-electron chi connectivity index (χ2n) is 13.6. The van der Waals surface area contributed by atoms with Crippen molar-refractivity contribution in [1.82, 2.24) is 15.1 Å². The molecule has 2 amide bonds. The number of fused-ring (bicyclic) bond motifs is 2. The van der Waals surface area contributed by atoms with Crippen LogP contribution >= 0.6 is 23.2 Å². The second-order valence-corrected chi connectivity index (χ2v) is 14.4. The predicted octanol–water partition coefficient (Wildman–Crippen LogP) is 5.81. The molecule has 3 aromatic rings. The number of halogens is 2. The van der Waals surface area contributed by atoms with Gasteiger partial charge in [-0.1, -0.05) is 53.5 Å². The van der Waals surface area contributed by atoms with Gasteiger partial charge in [-0.2, -0.15) is 0 Å². The van der Waals surface area contributed by atoms with Crippen molar-refractivity contribution >= 4 is 46.6 Å². The Balaban J connectivity index is 1.23. The number of aliphatic hydroxyl groups is 1. The van der Waals surface area contributed by atoms with Crippen LogP contribution in [0.5, 0.6) is 11.5 Å². The van der Waals surface area contributed by atoms with Crippen molar-refractivity contribution < 1.29 is 34.1 Å². The average molecular weight is 737 g/mol. The zero-order valence-electron chi connectivity index (χ0n) is 28.7. The molecule has 1 aliphatic carbocycles. The van der Waals surface area contributed by atoms with Crippen LogP contribution in [0.25, 0.3) is 5.57 Å². The van der Waals surface area contributed by atoms with Crippen LogP contribution in [0, 0.1) is 13.8 Å². The highest BCUT2D eigenvalue weighted by Gasteiger charge is 2.43. The number of carbonyl (C=O) groups is 3. The molecular weight excluding hydrogens is 693 g/mol. The van der Waals surface area contributed by atoms with E-state index in [1.54, 1.807) is 4.90 Å². The van der Waals surface area contributed by atoms with Gasteiger partial charge in [0.2, 0.25) is 5.91 Å². The van der Waals surface area contributed by atoms with E-state index in [1.165, 1.54) is 0 Å². The monoisotopic (exact) mass is 735 g/mol. The molecule has 3 atom stereocenters. The van der Waals surface area contributed by atoms with E-state index in [9.17, 15) is 19.5 Å². The molecule has 1 saturated heterocycles. The predicted molar refractivity (Wildman–Crippen MR) is 195 cm³/mol. The van der Waals surface area contributed by atoms with E-state index in [2.05, 4.69) is 5.32 Å². The number of amides is 2. The van der Waals surface area contributed by atoms with Crippen molar-refractivity contribution in [3.63, 3.8) is 0 Å². The lowest BCUT2D eigenvalue weighted by molar-refractivity contribution is -0.141. The standard InChI is InChI=1S/C39H43Cl2N3O7/c1-23-15-33(41)35(16-24(23)2)51-14-13-50-30-11-7-25(8-12-30)31-17-27-21-43(36(46)18-29(45)19-37(47)48)22-34(42-27)38(31)39(49)44(28-9-10-28)20-26-5-3-4-6-32(26)40/h3-8,11-12,15-16,27-29,34,42,45H,9-10,13-14,17-22H2,1-2H3,(H,47,48)/t27-,29-,34-/m1/s1. The van der Waals surface area contributed by atoms with Crippen molar-refractivity contribution in [2.45, 2.75) is 76.7 Å². The summed E-state index contributed by atoms with van der Waals surface area (Å²) in [5.41, 5.74) is 5.46. The maximum absolute atomic E-state index is 14.7. The summed E-state index contributed by atoms with van der Waals surface area (Å²) in [5, 5.41) is 24.0. The molecule has 2 aliphatic heterocycles. The number of aryl methyl sites for hydroxylation is 2. The molecule has 0 aromatic heterocycles. The van der Waals surface area contributed by atoms with Gasteiger partial charge in [0.1, 0.15) is 24.7 Å². The van der Waals surface area contributed by atoms with Gasteiger partial charge in [-0.3, -0.25) is 14.4 Å². The highest BCUT2D eigenvalue weighted by molar-refractivity contribution is 6.32. The van der Waals surface area contributed by atoms with Crippen LogP contribution in [0.1, 0.15) is 54.4 Å². The van der Waals surface area contributed by atoms with Crippen LogP contribution in [0.4, 0.5) is 0 Å². The molecular formula is C39H43Cl2N3O7. The SMILES string of the molecule is Cc1cc(Cl)c(OCCOc2ccc(C3=C(C(=O)N(Cc4ccccc4Cl)C4CC4)[C@H]4CN(C(=O)C[C@@H](O)CC(=O)O)C[C@@H](C3)N4)cc2)cc1C. The molecule has 3 N–H and O–H groups in total. The molecule has 270 valence electrons. The van der Waals surface area contributed by atoms with E-state index in [0.29, 0.717) is 59.8 Å². The van der Waals surface area contributed by atoms with Gasteiger partial charge in [-0.25, -0.2) is 0 Å². The molecule has 0 spiro atoms. The molecule has 51 heavy (non-hydrogen) atoms. The molecule has 12 heteroatoms. The van der Waals surface area contributed by atoms with Crippen LogP contribution in [0.15, 0.2) is 66.2 Å². The Bertz CT molecular complexity index is 1810. The number of carbonyl (C=O) groups excluding carboxylic acids is 2. The molecule has 2 fully saturated rings. The number of carboxylic acids is 1. The fraction of sp³-hybridized carbons (Fsp3) is 0.410. The normalized spacial score (nSPS) is 19.0. The average Bonchev–Trinajstić information content (AvgIpc) is 3.93. The summed E-state index contributed by atoms with van der Waals surface area (Å²) in [4.78, 5) is 42.6. The number of nitrogens with zero attached hydrogens (tertiary/aromatic N) is 2. The maximum Gasteiger partial charge on any atom is 0.305 e. The lowest BCUT2D eigenvalue weighted by Gasteiger charge is -2.45. The van der Waals surface area contributed by atoms with E-state index in [-0.39, 0.29) is 36.9 Å². The lowest BCUT2D eigenvalue weighted by Crippen LogP contribution is -2.62. The minimum Gasteiger partial charge on any atom is -0.490 e. The summed E-state index contributed by atoms with van der Waals surface area (Å²) >= 11 is 12.9. The molecule has 3 aromatic carbocycles. The third-order valence-electron chi connectivity index (χ3n) is 9.72. The lowest BCUT2D eigenvalue weighted by atomic mass is 9.82. The van der Waals surface area contributed by atoms with Crippen LogP contribution in [0.3, 0.4) is 0 Å².